The zero-order valence-electron chi connectivity index (χ0n) is 11.7. The van der Waals surface area contributed by atoms with Crippen molar-refractivity contribution >= 4 is 17.4 Å². The molecule has 0 aliphatic carbocycles. The molecular formula is C15H20ClNO2. The fourth-order valence-corrected chi connectivity index (χ4v) is 2.73. The number of carbonyl (C=O) groups is 1. The zero-order valence-corrected chi connectivity index (χ0v) is 12.4. The summed E-state index contributed by atoms with van der Waals surface area (Å²) in [7, 11) is 0. The maximum atomic E-state index is 12.6. The molecular weight excluding hydrogens is 262 g/mol. The lowest BCUT2D eigenvalue weighted by molar-refractivity contribution is 0.0948. The summed E-state index contributed by atoms with van der Waals surface area (Å²) in [4.78, 5) is 12.6. The van der Waals surface area contributed by atoms with E-state index in [1.807, 2.05) is 26.8 Å². The van der Waals surface area contributed by atoms with Crippen molar-refractivity contribution in [2.75, 3.05) is 13.2 Å². The Morgan fingerprint density at radius 3 is 2.84 bits per heavy atom. The summed E-state index contributed by atoms with van der Waals surface area (Å²) in [6.45, 7) is 7.18. The Hall–Kier alpha value is -1.06. The van der Waals surface area contributed by atoms with E-state index >= 15 is 0 Å². The van der Waals surface area contributed by atoms with Crippen molar-refractivity contribution in [1.29, 1.82) is 0 Å². The van der Waals surface area contributed by atoms with Crippen LogP contribution in [0.5, 0.6) is 5.75 Å². The van der Waals surface area contributed by atoms with Gasteiger partial charge < -0.3 is 10.1 Å². The van der Waals surface area contributed by atoms with Gasteiger partial charge in [0.15, 0.2) is 5.78 Å². The molecule has 1 N–H and O–H groups in total. The van der Waals surface area contributed by atoms with Gasteiger partial charge in [0.25, 0.3) is 0 Å². The maximum Gasteiger partial charge on any atom is 0.183 e. The standard InChI is InChI=1S/C15H20ClNO2/c1-4-19-12-8-9(2)14(16)10(3)13(12)15(18)11-6-5-7-17-11/h8,11,17H,4-7H2,1-3H3. The van der Waals surface area contributed by atoms with Crippen LogP contribution in [0.15, 0.2) is 6.07 Å². The second-order valence-corrected chi connectivity index (χ2v) is 5.33. The van der Waals surface area contributed by atoms with Gasteiger partial charge in [-0.2, -0.15) is 0 Å². The number of ketones is 1. The Labute approximate surface area is 119 Å². The van der Waals surface area contributed by atoms with Gasteiger partial charge in [0.2, 0.25) is 0 Å². The van der Waals surface area contributed by atoms with E-state index in [1.54, 1.807) is 0 Å². The van der Waals surface area contributed by atoms with E-state index in [1.165, 1.54) is 0 Å². The molecule has 0 spiro atoms. The topological polar surface area (TPSA) is 38.3 Å². The molecule has 0 bridgehead atoms. The van der Waals surface area contributed by atoms with E-state index in [0.29, 0.717) is 22.9 Å². The van der Waals surface area contributed by atoms with Crippen LogP contribution in [0.25, 0.3) is 0 Å². The lowest BCUT2D eigenvalue weighted by Gasteiger charge is -2.18. The Morgan fingerprint density at radius 1 is 1.53 bits per heavy atom. The number of aryl methyl sites for hydroxylation is 1. The SMILES string of the molecule is CCOc1cc(C)c(Cl)c(C)c1C(=O)C1CCCN1. The van der Waals surface area contributed by atoms with E-state index in [2.05, 4.69) is 5.32 Å². The van der Waals surface area contributed by atoms with Gasteiger partial charge in [-0.3, -0.25) is 4.79 Å². The van der Waals surface area contributed by atoms with Crippen molar-refractivity contribution < 1.29 is 9.53 Å². The Morgan fingerprint density at radius 2 is 2.26 bits per heavy atom. The van der Waals surface area contributed by atoms with Crippen LogP contribution in [0.2, 0.25) is 5.02 Å². The van der Waals surface area contributed by atoms with Gasteiger partial charge >= 0.3 is 0 Å². The quantitative estimate of drug-likeness (QED) is 0.861. The molecule has 4 heteroatoms. The van der Waals surface area contributed by atoms with Gasteiger partial charge in [-0.05, 0) is 57.4 Å². The molecule has 2 rings (SSSR count). The molecule has 0 aromatic heterocycles. The van der Waals surface area contributed by atoms with E-state index in [9.17, 15) is 4.79 Å². The van der Waals surface area contributed by atoms with Gasteiger partial charge in [-0.1, -0.05) is 11.6 Å². The summed E-state index contributed by atoms with van der Waals surface area (Å²) in [6.07, 6.45) is 1.92. The summed E-state index contributed by atoms with van der Waals surface area (Å²) in [5.41, 5.74) is 2.40. The molecule has 0 amide bonds. The van der Waals surface area contributed by atoms with Gasteiger partial charge in [0.05, 0.1) is 18.2 Å². The largest absolute Gasteiger partial charge is 0.493 e. The van der Waals surface area contributed by atoms with Crippen molar-refractivity contribution in [3.05, 3.63) is 27.8 Å². The second-order valence-electron chi connectivity index (χ2n) is 4.95. The molecule has 19 heavy (non-hydrogen) atoms. The van der Waals surface area contributed by atoms with Gasteiger partial charge in [-0.15, -0.1) is 0 Å². The number of halogens is 1. The van der Waals surface area contributed by atoms with Crippen molar-refractivity contribution in [3.63, 3.8) is 0 Å². The number of nitrogens with one attached hydrogen (secondary N) is 1. The molecule has 1 aliphatic rings. The molecule has 1 heterocycles. The van der Waals surface area contributed by atoms with Crippen LogP contribution in [-0.4, -0.2) is 25.0 Å². The summed E-state index contributed by atoms with van der Waals surface area (Å²) < 4.78 is 5.63. The number of carbonyl (C=O) groups excluding carboxylic acids is 1. The smallest absolute Gasteiger partial charge is 0.183 e. The Balaban J connectivity index is 2.46. The van der Waals surface area contributed by atoms with Crippen LogP contribution < -0.4 is 10.1 Å². The lowest BCUT2D eigenvalue weighted by Crippen LogP contribution is -2.31. The van der Waals surface area contributed by atoms with Crippen LogP contribution in [0, 0.1) is 13.8 Å². The van der Waals surface area contributed by atoms with Crippen molar-refractivity contribution in [3.8, 4) is 5.75 Å². The molecule has 1 atom stereocenters. The average molecular weight is 282 g/mol. The molecule has 1 aromatic carbocycles. The Bertz CT molecular complexity index is 493. The highest BCUT2D eigenvalue weighted by atomic mass is 35.5. The lowest BCUT2D eigenvalue weighted by atomic mass is 9.95. The normalized spacial score (nSPS) is 18.6. The summed E-state index contributed by atoms with van der Waals surface area (Å²) in [5, 5.41) is 3.89. The number of hydrogen-bond donors (Lipinski definition) is 1. The predicted octanol–water partition coefficient (Wildman–Crippen LogP) is 3.29. The third-order valence-electron chi connectivity index (χ3n) is 3.57. The molecule has 1 aliphatic heterocycles. The van der Waals surface area contributed by atoms with E-state index in [0.717, 1.165) is 30.5 Å². The van der Waals surface area contributed by atoms with Crippen molar-refractivity contribution in [1.82, 2.24) is 5.32 Å². The Kier molecular flexibility index (Phi) is 4.48. The molecule has 1 saturated heterocycles. The first kappa shape index (κ1) is 14.4. The molecule has 104 valence electrons. The van der Waals surface area contributed by atoms with Crippen LogP contribution in [0.4, 0.5) is 0 Å². The van der Waals surface area contributed by atoms with Crippen LogP contribution in [0.1, 0.15) is 41.3 Å². The van der Waals surface area contributed by atoms with E-state index in [-0.39, 0.29) is 11.8 Å². The highest BCUT2D eigenvalue weighted by Crippen LogP contribution is 2.33. The molecule has 1 fully saturated rings. The van der Waals surface area contributed by atoms with Crippen molar-refractivity contribution in [2.24, 2.45) is 0 Å². The van der Waals surface area contributed by atoms with Gasteiger partial charge in [0.1, 0.15) is 5.75 Å². The monoisotopic (exact) mass is 281 g/mol. The maximum absolute atomic E-state index is 12.6. The summed E-state index contributed by atoms with van der Waals surface area (Å²) >= 11 is 6.28. The first-order chi connectivity index (χ1) is 9.06. The zero-order chi connectivity index (χ0) is 14.0. The second kappa shape index (κ2) is 5.93. The van der Waals surface area contributed by atoms with Crippen LogP contribution in [0.3, 0.4) is 0 Å². The van der Waals surface area contributed by atoms with Crippen LogP contribution in [-0.2, 0) is 0 Å². The molecule has 0 saturated carbocycles. The molecule has 1 aromatic rings. The summed E-state index contributed by atoms with van der Waals surface area (Å²) in [6, 6.07) is 1.76. The molecule has 3 nitrogen and oxygen atoms in total. The minimum Gasteiger partial charge on any atom is -0.493 e. The minimum absolute atomic E-state index is 0.0975. The fourth-order valence-electron chi connectivity index (χ4n) is 2.58. The van der Waals surface area contributed by atoms with Gasteiger partial charge in [-0.25, -0.2) is 0 Å². The average Bonchev–Trinajstić information content (AvgIpc) is 2.90. The third kappa shape index (κ3) is 2.77. The highest BCUT2D eigenvalue weighted by molar-refractivity contribution is 6.32. The molecule has 0 radical (unpaired) electrons. The van der Waals surface area contributed by atoms with Crippen LogP contribution >= 0.6 is 11.6 Å². The highest BCUT2D eigenvalue weighted by Gasteiger charge is 2.28. The van der Waals surface area contributed by atoms with Crippen molar-refractivity contribution in [2.45, 2.75) is 39.7 Å². The number of hydrogen-bond acceptors (Lipinski definition) is 3. The number of rotatable bonds is 4. The van der Waals surface area contributed by atoms with Gasteiger partial charge in [0, 0.05) is 5.02 Å². The predicted molar refractivity (Wildman–Crippen MR) is 77.5 cm³/mol. The van der Waals surface area contributed by atoms with E-state index < -0.39 is 0 Å². The minimum atomic E-state index is -0.100. The first-order valence-electron chi connectivity index (χ1n) is 6.76. The fraction of sp³-hybridized carbons (Fsp3) is 0.533. The first-order valence-corrected chi connectivity index (χ1v) is 7.14. The number of benzene rings is 1. The summed E-state index contributed by atoms with van der Waals surface area (Å²) in [5.74, 6) is 0.751. The number of Topliss-reactive ketones (excluding diaryl/α,β-unsaturated/α-hetero) is 1. The van der Waals surface area contributed by atoms with E-state index in [4.69, 9.17) is 16.3 Å². The third-order valence-corrected chi connectivity index (χ3v) is 4.15. The number of ether oxygens (including phenoxy) is 1. The molecule has 1 unspecified atom stereocenters.